The number of aromatic nitrogens is 2. The zero-order chi connectivity index (χ0) is 23.1. The van der Waals surface area contributed by atoms with E-state index in [1.807, 2.05) is 35.0 Å². The summed E-state index contributed by atoms with van der Waals surface area (Å²) in [5.41, 5.74) is 5.11. The largest absolute Gasteiger partial charge is 0.378 e. The molecule has 0 saturated carbocycles. The van der Waals surface area contributed by atoms with Crippen LogP contribution < -0.4 is 0 Å². The fourth-order valence-electron chi connectivity index (χ4n) is 5.19. The van der Waals surface area contributed by atoms with E-state index < -0.39 is 10.8 Å². The summed E-state index contributed by atoms with van der Waals surface area (Å²) < 4.78 is 20.4. The molecule has 4 heterocycles. The molecule has 0 radical (unpaired) electrons. The number of hydrogen-bond donors (Lipinski definition) is 0. The Morgan fingerprint density at radius 2 is 1.79 bits per heavy atom. The van der Waals surface area contributed by atoms with Gasteiger partial charge in [0, 0.05) is 35.7 Å². The highest BCUT2D eigenvalue weighted by Crippen LogP contribution is 2.39. The van der Waals surface area contributed by atoms with E-state index in [0.717, 1.165) is 47.0 Å². The van der Waals surface area contributed by atoms with Crippen LogP contribution in [0.1, 0.15) is 34.5 Å². The van der Waals surface area contributed by atoms with E-state index in [1.165, 1.54) is 18.4 Å². The third-order valence-corrected chi connectivity index (χ3v) is 8.30. The summed E-state index contributed by atoms with van der Waals surface area (Å²) >= 11 is 0. The standard InChI is InChI=1S/C26H28N4O3S/c31-26(29-12-14-33-15-13-29)24-22-18-34(32)23-9-2-1-8-21(23)25(22)30(27-24)20-7-5-6-19(16-20)17-28-10-3-4-11-28/h1-2,5-9,16H,3-4,10-15,17-18H2. The van der Waals surface area contributed by atoms with Gasteiger partial charge >= 0.3 is 0 Å². The molecule has 3 aliphatic heterocycles. The monoisotopic (exact) mass is 476 g/mol. The van der Waals surface area contributed by atoms with Crippen molar-refractivity contribution < 1.29 is 13.7 Å². The van der Waals surface area contributed by atoms with Crippen molar-refractivity contribution in [3.8, 4) is 16.9 Å². The Kier molecular flexibility index (Phi) is 5.80. The van der Waals surface area contributed by atoms with Crippen LogP contribution in [0.3, 0.4) is 0 Å². The molecule has 1 atom stereocenters. The van der Waals surface area contributed by atoms with Gasteiger partial charge in [-0.25, -0.2) is 4.68 Å². The molecule has 1 aromatic heterocycles. The van der Waals surface area contributed by atoms with Crippen molar-refractivity contribution in [2.24, 2.45) is 0 Å². The maximum absolute atomic E-state index is 13.5. The van der Waals surface area contributed by atoms with Gasteiger partial charge in [-0.3, -0.25) is 13.9 Å². The van der Waals surface area contributed by atoms with Crippen LogP contribution in [0.15, 0.2) is 53.4 Å². The predicted molar refractivity (Wildman–Crippen MR) is 130 cm³/mol. The first kappa shape index (κ1) is 21.7. The minimum atomic E-state index is -1.21. The fraction of sp³-hybridized carbons (Fsp3) is 0.385. The normalized spacial score (nSPS) is 20.2. The highest BCUT2D eigenvalue weighted by molar-refractivity contribution is 7.84. The van der Waals surface area contributed by atoms with Crippen LogP contribution >= 0.6 is 0 Å². The van der Waals surface area contributed by atoms with Crippen LogP contribution in [0.25, 0.3) is 16.9 Å². The number of carbonyl (C=O) groups is 1. The number of ether oxygens (including phenoxy) is 1. The van der Waals surface area contributed by atoms with Gasteiger partial charge in [0.05, 0.1) is 41.1 Å². The number of nitrogens with zero attached hydrogens (tertiary/aromatic N) is 4. The Morgan fingerprint density at radius 1 is 1.00 bits per heavy atom. The molecule has 34 heavy (non-hydrogen) atoms. The van der Waals surface area contributed by atoms with Crippen molar-refractivity contribution in [1.29, 1.82) is 0 Å². The van der Waals surface area contributed by atoms with Crippen LogP contribution in [-0.2, 0) is 27.8 Å². The van der Waals surface area contributed by atoms with Crippen molar-refractivity contribution in [2.75, 3.05) is 39.4 Å². The SMILES string of the molecule is O=C(c1nn(-c2cccc(CN3CCCC3)c2)c2c1CS(=O)c1ccccc1-2)N1CCOCC1. The fourth-order valence-corrected chi connectivity index (χ4v) is 6.53. The quantitative estimate of drug-likeness (QED) is 0.578. The molecule has 0 spiro atoms. The predicted octanol–water partition coefficient (Wildman–Crippen LogP) is 3.23. The molecule has 1 unspecified atom stereocenters. The van der Waals surface area contributed by atoms with E-state index in [0.29, 0.717) is 37.8 Å². The smallest absolute Gasteiger partial charge is 0.274 e. The van der Waals surface area contributed by atoms with E-state index in [2.05, 4.69) is 23.1 Å². The zero-order valence-corrected chi connectivity index (χ0v) is 19.9. The van der Waals surface area contributed by atoms with E-state index in [-0.39, 0.29) is 5.91 Å². The second-order valence-electron chi connectivity index (χ2n) is 9.13. The molecule has 0 aliphatic carbocycles. The summed E-state index contributed by atoms with van der Waals surface area (Å²) in [6, 6.07) is 16.2. The third-order valence-electron chi connectivity index (χ3n) is 6.91. The second kappa shape index (κ2) is 9.09. The van der Waals surface area contributed by atoms with Gasteiger partial charge in [-0.15, -0.1) is 0 Å². The van der Waals surface area contributed by atoms with Crippen molar-refractivity contribution in [3.05, 3.63) is 65.4 Å². The van der Waals surface area contributed by atoms with Crippen LogP contribution in [0.4, 0.5) is 0 Å². The van der Waals surface area contributed by atoms with Gasteiger partial charge in [-0.05, 0) is 49.7 Å². The lowest BCUT2D eigenvalue weighted by Gasteiger charge is -2.26. The molecule has 176 valence electrons. The summed E-state index contributed by atoms with van der Waals surface area (Å²) in [4.78, 5) is 18.6. The summed E-state index contributed by atoms with van der Waals surface area (Å²) in [6.07, 6.45) is 2.51. The van der Waals surface area contributed by atoms with Crippen LogP contribution in [0.5, 0.6) is 0 Å². The molecule has 2 saturated heterocycles. The number of benzene rings is 2. The Balaban J connectivity index is 1.47. The van der Waals surface area contributed by atoms with Crippen molar-refractivity contribution in [2.45, 2.75) is 30.0 Å². The Bertz CT molecular complexity index is 1260. The number of hydrogen-bond acceptors (Lipinski definition) is 5. The Labute approximate surface area is 201 Å². The number of amides is 1. The molecule has 2 aromatic carbocycles. The van der Waals surface area contributed by atoms with Gasteiger partial charge in [0.15, 0.2) is 5.69 Å². The molecule has 2 fully saturated rings. The number of carbonyl (C=O) groups excluding carboxylic acids is 1. The third kappa shape index (κ3) is 3.89. The van der Waals surface area contributed by atoms with Crippen molar-refractivity contribution in [3.63, 3.8) is 0 Å². The average Bonchev–Trinajstić information content (AvgIpc) is 3.52. The lowest BCUT2D eigenvalue weighted by Crippen LogP contribution is -2.41. The molecule has 1 amide bonds. The minimum absolute atomic E-state index is 0.108. The molecule has 0 bridgehead atoms. The molecule has 3 aliphatic rings. The van der Waals surface area contributed by atoms with E-state index in [1.54, 1.807) is 4.90 Å². The van der Waals surface area contributed by atoms with E-state index in [4.69, 9.17) is 9.84 Å². The molecule has 3 aromatic rings. The minimum Gasteiger partial charge on any atom is -0.378 e. The van der Waals surface area contributed by atoms with Gasteiger partial charge in [0.2, 0.25) is 0 Å². The highest BCUT2D eigenvalue weighted by atomic mass is 32.2. The first-order chi connectivity index (χ1) is 16.7. The summed E-state index contributed by atoms with van der Waals surface area (Å²) in [5, 5.41) is 4.88. The average molecular weight is 477 g/mol. The molecule has 8 heteroatoms. The van der Waals surface area contributed by atoms with Gasteiger partial charge in [0.1, 0.15) is 0 Å². The van der Waals surface area contributed by atoms with Gasteiger partial charge < -0.3 is 9.64 Å². The van der Waals surface area contributed by atoms with Crippen LogP contribution in [0.2, 0.25) is 0 Å². The second-order valence-corrected chi connectivity index (χ2v) is 10.6. The number of fused-ring (bicyclic) bond motifs is 3. The van der Waals surface area contributed by atoms with E-state index in [9.17, 15) is 9.00 Å². The van der Waals surface area contributed by atoms with Crippen molar-refractivity contribution >= 4 is 16.7 Å². The Hall–Kier alpha value is -2.81. The number of likely N-dealkylation sites (tertiary alicyclic amines) is 1. The molecule has 7 nitrogen and oxygen atoms in total. The first-order valence-corrected chi connectivity index (χ1v) is 13.3. The maximum Gasteiger partial charge on any atom is 0.274 e. The van der Waals surface area contributed by atoms with E-state index >= 15 is 0 Å². The number of morpholine rings is 1. The first-order valence-electron chi connectivity index (χ1n) is 12.0. The summed E-state index contributed by atoms with van der Waals surface area (Å²) in [7, 11) is -1.21. The molecule has 6 rings (SSSR count). The molecule has 0 N–H and O–H groups in total. The molecular weight excluding hydrogens is 448 g/mol. The van der Waals surface area contributed by atoms with Gasteiger partial charge in [-0.1, -0.05) is 30.3 Å². The number of rotatable bonds is 4. The zero-order valence-electron chi connectivity index (χ0n) is 19.1. The summed E-state index contributed by atoms with van der Waals surface area (Å²) in [6.45, 7) is 5.34. The lowest BCUT2D eigenvalue weighted by molar-refractivity contribution is 0.0298. The molecular formula is C26H28N4O3S. The highest BCUT2D eigenvalue weighted by Gasteiger charge is 2.34. The summed E-state index contributed by atoms with van der Waals surface area (Å²) in [5.74, 6) is 0.188. The maximum atomic E-state index is 13.5. The van der Waals surface area contributed by atoms with Crippen LogP contribution in [0, 0.1) is 0 Å². The van der Waals surface area contributed by atoms with Crippen LogP contribution in [-0.4, -0.2) is 69.1 Å². The topological polar surface area (TPSA) is 67.7 Å². The lowest BCUT2D eigenvalue weighted by atomic mass is 10.0. The Morgan fingerprint density at radius 3 is 2.62 bits per heavy atom. The van der Waals surface area contributed by atoms with Gasteiger partial charge in [0.25, 0.3) is 5.91 Å². The van der Waals surface area contributed by atoms with Crippen molar-refractivity contribution in [1.82, 2.24) is 19.6 Å². The van der Waals surface area contributed by atoms with Gasteiger partial charge in [-0.2, -0.15) is 5.10 Å².